The van der Waals surface area contributed by atoms with Crippen LogP contribution in [-0.4, -0.2) is 28.0 Å². The minimum Gasteiger partial charge on any atom is -0.465 e. The molecule has 116 valence electrons. The second-order valence-corrected chi connectivity index (χ2v) is 7.01. The zero-order valence-electron chi connectivity index (χ0n) is 11.9. The van der Waals surface area contributed by atoms with Gasteiger partial charge in [0.05, 0.1) is 19.3 Å². The average Bonchev–Trinajstić information content (AvgIpc) is 3.03. The van der Waals surface area contributed by atoms with Crippen molar-refractivity contribution in [2.24, 2.45) is 0 Å². The van der Waals surface area contributed by atoms with E-state index in [0.29, 0.717) is 5.69 Å². The van der Waals surface area contributed by atoms with E-state index in [-0.39, 0.29) is 16.3 Å². The number of benzene rings is 1. The summed E-state index contributed by atoms with van der Waals surface area (Å²) in [4.78, 5) is 11.7. The highest BCUT2D eigenvalue weighted by Crippen LogP contribution is 2.29. The molecule has 1 aromatic heterocycles. The van der Waals surface area contributed by atoms with Crippen molar-refractivity contribution in [3.05, 3.63) is 59.3 Å². The van der Waals surface area contributed by atoms with Crippen LogP contribution in [0.5, 0.6) is 0 Å². The number of nitrogens with zero attached hydrogens (tertiary/aromatic N) is 1. The highest BCUT2D eigenvalue weighted by molar-refractivity contribution is 7.93. The first-order valence-corrected chi connectivity index (χ1v) is 8.69. The van der Waals surface area contributed by atoms with Gasteiger partial charge in [0.2, 0.25) is 0 Å². The third-order valence-corrected chi connectivity index (χ3v) is 5.77. The normalized spacial score (nSPS) is 11.0. The number of para-hydroxylation sites is 1. The maximum Gasteiger partial charge on any atom is 0.349 e. The van der Waals surface area contributed by atoms with Crippen LogP contribution < -0.4 is 4.31 Å². The van der Waals surface area contributed by atoms with Gasteiger partial charge < -0.3 is 4.74 Å². The lowest BCUT2D eigenvalue weighted by atomic mass is 10.3. The molecule has 1 aromatic carbocycles. The van der Waals surface area contributed by atoms with Crippen molar-refractivity contribution in [2.45, 2.75) is 4.90 Å². The molecule has 0 saturated heterocycles. The number of rotatable bonds is 6. The van der Waals surface area contributed by atoms with E-state index in [4.69, 9.17) is 0 Å². The number of carbonyl (C=O) groups excluding carboxylic acids is 1. The molecule has 0 aliphatic heterocycles. The van der Waals surface area contributed by atoms with Crippen LogP contribution in [0.1, 0.15) is 9.67 Å². The van der Waals surface area contributed by atoms with Gasteiger partial charge in [-0.1, -0.05) is 24.3 Å². The Labute approximate surface area is 133 Å². The molecule has 0 atom stereocenters. The summed E-state index contributed by atoms with van der Waals surface area (Å²) in [6, 6.07) is 10.1. The first kappa shape index (κ1) is 16.3. The lowest BCUT2D eigenvalue weighted by molar-refractivity contribution is 0.0602. The summed E-state index contributed by atoms with van der Waals surface area (Å²) in [6.45, 7) is 3.70. The summed E-state index contributed by atoms with van der Waals surface area (Å²) in [7, 11) is -2.67. The summed E-state index contributed by atoms with van der Waals surface area (Å²) in [5.41, 5.74) is 0.504. The fourth-order valence-corrected chi connectivity index (χ4v) is 4.66. The Hall–Kier alpha value is -2.12. The average molecular weight is 337 g/mol. The molecule has 5 nitrogen and oxygen atoms in total. The van der Waals surface area contributed by atoms with Crippen LogP contribution in [0.15, 0.2) is 59.3 Å². The van der Waals surface area contributed by atoms with Gasteiger partial charge in [-0.15, -0.1) is 17.9 Å². The van der Waals surface area contributed by atoms with Gasteiger partial charge in [0.1, 0.15) is 9.77 Å². The number of anilines is 1. The summed E-state index contributed by atoms with van der Waals surface area (Å²) in [6.07, 6.45) is 1.49. The van der Waals surface area contributed by atoms with Crippen molar-refractivity contribution >= 4 is 33.0 Å². The van der Waals surface area contributed by atoms with Crippen LogP contribution in [-0.2, 0) is 14.8 Å². The van der Waals surface area contributed by atoms with E-state index < -0.39 is 16.0 Å². The van der Waals surface area contributed by atoms with Crippen LogP contribution in [0.2, 0.25) is 0 Å². The topological polar surface area (TPSA) is 63.7 Å². The van der Waals surface area contributed by atoms with E-state index in [0.717, 1.165) is 11.3 Å². The highest BCUT2D eigenvalue weighted by atomic mass is 32.2. The molecule has 0 bridgehead atoms. The first-order valence-electron chi connectivity index (χ1n) is 6.37. The minimum atomic E-state index is -3.89. The Balaban J connectivity index is 2.54. The second kappa shape index (κ2) is 6.76. The third-order valence-electron chi connectivity index (χ3n) is 2.91. The Morgan fingerprint density at radius 3 is 2.59 bits per heavy atom. The number of methoxy groups -OCH3 is 1. The van der Waals surface area contributed by atoms with Gasteiger partial charge in [-0.25, -0.2) is 13.2 Å². The molecular formula is C15H15NO4S2. The molecule has 2 rings (SSSR count). The molecular weight excluding hydrogens is 322 g/mol. The molecule has 0 aliphatic carbocycles. The fraction of sp³-hybridized carbons (Fsp3) is 0.133. The quantitative estimate of drug-likeness (QED) is 0.600. The number of esters is 1. The Morgan fingerprint density at radius 2 is 2.00 bits per heavy atom. The molecule has 0 amide bonds. The van der Waals surface area contributed by atoms with E-state index >= 15 is 0 Å². The summed E-state index contributed by atoms with van der Waals surface area (Å²) in [5.74, 6) is -0.666. The van der Waals surface area contributed by atoms with E-state index in [9.17, 15) is 13.2 Å². The van der Waals surface area contributed by atoms with Crippen LogP contribution in [0.25, 0.3) is 0 Å². The van der Waals surface area contributed by atoms with Crippen LogP contribution >= 0.6 is 11.3 Å². The number of thiophene rings is 1. The molecule has 22 heavy (non-hydrogen) atoms. The number of carbonyl (C=O) groups is 1. The zero-order chi connectivity index (χ0) is 16.2. The smallest absolute Gasteiger partial charge is 0.349 e. The van der Waals surface area contributed by atoms with Gasteiger partial charge in [-0.2, -0.15) is 0 Å². The van der Waals surface area contributed by atoms with Crippen molar-refractivity contribution in [1.29, 1.82) is 0 Å². The van der Waals surface area contributed by atoms with Gasteiger partial charge in [0, 0.05) is 0 Å². The molecule has 0 aliphatic rings. The van der Waals surface area contributed by atoms with E-state index in [1.54, 1.807) is 35.7 Å². The number of sulfonamides is 1. The minimum absolute atomic E-state index is 0.0601. The van der Waals surface area contributed by atoms with Crippen molar-refractivity contribution < 1.29 is 17.9 Å². The molecule has 1 heterocycles. The van der Waals surface area contributed by atoms with Crippen LogP contribution in [0.4, 0.5) is 5.69 Å². The predicted molar refractivity (Wildman–Crippen MR) is 86.8 cm³/mol. The Kier molecular flexibility index (Phi) is 4.99. The lowest BCUT2D eigenvalue weighted by Crippen LogP contribution is -2.31. The highest BCUT2D eigenvalue weighted by Gasteiger charge is 2.30. The number of hydrogen-bond donors (Lipinski definition) is 0. The standard InChI is InChI=1S/C15H15NO4S2/c1-3-10-16(12-7-5-4-6-8-12)22(18,19)13-9-11-21-14(13)15(17)20-2/h3-9,11H,1,10H2,2H3. The molecule has 7 heteroatoms. The van der Waals surface area contributed by atoms with Gasteiger partial charge in [-0.3, -0.25) is 4.31 Å². The molecule has 0 N–H and O–H groups in total. The van der Waals surface area contributed by atoms with Crippen molar-refractivity contribution in [3.63, 3.8) is 0 Å². The molecule has 0 fully saturated rings. The lowest BCUT2D eigenvalue weighted by Gasteiger charge is -2.23. The number of ether oxygens (including phenoxy) is 1. The largest absolute Gasteiger partial charge is 0.465 e. The van der Waals surface area contributed by atoms with E-state index in [1.807, 2.05) is 0 Å². The van der Waals surface area contributed by atoms with Crippen molar-refractivity contribution in [3.8, 4) is 0 Å². The molecule has 0 spiro atoms. The Morgan fingerprint density at radius 1 is 1.32 bits per heavy atom. The molecule has 0 unspecified atom stereocenters. The summed E-state index contributed by atoms with van der Waals surface area (Å²) in [5, 5.41) is 1.55. The molecule has 0 saturated carbocycles. The maximum atomic E-state index is 12.9. The zero-order valence-corrected chi connectivity index (χ0v) is 13.6. The maximum absolute atomic E-state index is 12.9. The Bertz CT molecular complexity index is 766. The first-order chi connectivity index (χ1) is 10.5. The van der Waals surface area contributed by atoms with Gasteiger partial charge >= 0.3 is 5.97 Å². The predicted octanol–water partition coefficient (Wildman–Crippen LogP) is 2.92. The molecule has 2 aromatic rings. The van der Waals surface area contributed by atoms with E-state index in [2.05, 4.69) is 11.3 Å². The summed E-state index contributed by atoms with van der Waals surface area (Å²) >= 11 is 1.03. The molecule has 0 radical (unpaired) electrons. The second-order valence-electron chi connectivity index (χ2n) is 4.27. The fourth-order valence-electron chi connectivity index (χ4n) is 1.91. The number of hydrogen-bond acceptors (Lipinski definition) is 5. The van der Waals surface area contributed by atoms with Gasteiger partial charge in [-0.05, 0) is 23.6 Å². The van der Waals surface area contributed by atoms with E-state index in [1.165, 1.54) is 23.6 Å². The van der Waals surface area contributed by atoms with Gasteiger partial charge in [0.25, 0.3) is 10.0 Å². The third kappa shape index (κ3) is 3.05. The van der Waals surface area contributed by atoms with Crippen molar-refractivity contribution in [1.82, 2.24) is 0 Å². The van der Waals surface area contributed by atoms with Crippen LogP contribution in [0.3, 0.4) is 0 Å². The monoisotopic (exact) mass is 337 g/mol. The van der Waals surface area contributed by atoms with Crippen molar-refractivity contribution in [2.75, 3.05) is 18.0 Å². The SMILES string of the molecule is C=CCN(c1ccccc1)S(=O)(=O)c1ccsc1C(=O)OC. The van der Waals surface area contributed by atoms with Crippen LogP contribution in [0, 0.1) is 0 Å². The summed E-state index contributed by atoms with van der Waals surface area (Å²) < 4.78 is 31.7. The van der Waals surface area contributed by atoms with Gasteiger partial charge in [0.15, 0.2) is 0 Å².